The van der Waals surface area contributed by atoms with Gasteiger partial charge in [0.2, 0.25) is 0 Å². The maximum Gasteiger partial charge on any atom is 0.173 e. The molecule has 0 heterocycles. The molecule has 2 nitrogen and oxygen atoms in total. The lowest BCUT2D eigenvalue weighted by Crippen LogP contribution is -2.09. The summed E-state index contributed by atoms with van der Waals surface area (Å²) in [5.74, 6) is 0.673. The van der Waals surface area contributed by atoms with E-state index in [0.717, 1.165) is 23.1 Å². The molecule has 0 aliphatic carbocycles. The van der Waals surface area contributed by atoms with E-state index in [1.807, 2.05) is 39.0 Å². The molecular formula is C14H20O2S. The highest BCUT2D eigenvalue weighted by Crippen LogP contribution is 2.18. The Morgan fingerprint density at radius 1 is 1.41 bits per heavy atom. The molecule has 0 bridgehead atoms. The number of aryl methyl sites for hydroxylation is 2. The minimum atomic E-state index is 0.181. The molecule has 0 aliphatic heterocycles. The number of aliphatic hydroxyl groups is 1. The fourth-order valence-electron chi connectivity index (χ4n) is 1.60. The number of hydrogen-bond donors (Lipinski definition) is 1. The summed E-state index contributed by atoms with van der Waals surface area (Å²) in [5, 5.41) is 9.13. The molecule has 0 amide bonds. The van der Waals surface area contributed by atoms with Gasteiger partial charge in [0, 0.05) is 17.4 Å². The molecule has 0 fully saturated rings. The molecule has 0 saturated carbocycles. The smallest absolute Gasteiger partial charge is 0.173 e. The zero-order valence-electron chi connectivity index (χ0n) is 10.7. The Labute approximate surface area is 107 Å². The van der Waals surface area contributed by atoms with Crippen molar-refractivity contribution >= 4 is 17.5 Å². The van der Waals surface area contributed by atoms with Crippen molar-refractivity contribution in [3.05, 3.63) is 34.9 Å². The lowest BCUT2D eigenvalue weighted by Gasteiger charge is -2.10. The van der Waals surface area contributed by atoms with Gasteiger partial charge in [-0.2, -0.15) is 11.8 Å². The van der Waals surface area contributed by atoms with Gasteiger partial charge in [0.25, 0.3) is 0 Å². The number of benzene rings is 1. The molecule has 3 heteroatoms. The number of aliphatic hydroxyl groups excluding tert-OH is 1. The van der Waals surface area contributed by atoms with E-state index in [-0.39, 0.29) is 12.4 Å². The first-order chi connectivity index (χ1) is 8.04. The minimum absolute atomic E-state index is 0.181. The number of rotatable bonds is 6. The average Bonchev–Trinajstić information content (AvgIpc) is 2.29. The lowest BCUT2D eigenvalue weighted by atomic mass is 10.0. The van der Waals surface area contributed by atoms with E-state index in [1.54, 1.807) is 11.8 Å². The molecule has 1 aromatic rings. The molecular weight excluding hydrogens is 232 g/mol. The summed E-state index contributed by atoms with van der Waals surface area (Å²) in [6.07, 6.45) is 0.741. The van der Waals surface area contributed by atoms with Crippen LogP contribution in [-0.2, 0) is 0 Å². The van der Waals surface area contributed by atoms with Gasteiger partial charge in [0.15, 0.2) is 5.78 Å². The molecule has 1 rings (SSSR count). The Morgan fingerprint density at radius 3 is 2.76 bits per heavy atom. The van der Waals surface area contributed by atoms with E-state index < -0.39 is 0 Å². The SMILES string of the molecule is Cc1ccc(C)c(C(=O)CSC(C)CCO)c1. The second-order valence-electron chi connectivity index (χ2n) is 4.38. The fourth-order valence-corrected chi connectivity index (χ4v) is 2.46. The first kappa shape index (κ1) is 14.3. The van der Waals surface area contributed by atoms with E-state index in [1.165, 1.54) is 0 Å². The topological polar surface area (TPSA) is 37.3 Å². The summed E-state index contributed by atoms with van der Waals surface area (Å²) in [5.41, 5.74) is 2.98. The summed E-state index contributed by atoms with van der Waals surface area (Å²) in [4.78, 5) is 12.0. The van der Waals surface area contributed by atoms with Gasteiger partial charge in [-0.1, -0.05) is 24.6 Å². The van der Waals surface area contributed by atoms with Crippen molar-refractivity contribution in [3.63, 3.8) is 0 Å². The molecule has 0 aromatic heterocycles. The molecule has 0 radical (unpaired) electrons. The zero-order valence-corrected chi connectivity index (χ0v) is 11.5. The van der Waals surface area contributed by atoms with Crippen LogP contribution in [-0.4, -0.2) is 28.5 Å². The zero-order chi connectivity index (χ0) is 12.8. The van der Waals surface area contributed by atoms with Crippen molar-refractivity contribution in [2.75, 3.05) is 12.4 Å². The number of carbonyl (C=O) groups excluding carboxylic acids is 1. The van der Waals surface area contributed by atoms with Crippen LogP contribution >= 0.6 is 11.8 Å². The Morgan fingerprint density at radius 2 is 2.12 bits per heavy atom. The standard InChI is InChI=1S/C14H20O2S/c1-10-4-5-11(2)13(8-10)14(16)9-17-12(3)6-7-15/h4-5,8,12,15H,6-7,9H2,1-3H3. The predicted molar refractivity (Wildman–Crippen MR) is 73.9 cm³/mol. The Balaban J connectivity index is 2.61. The second kappa shape index (κ2) is 6.82. The predicted octanol–water partition coefficient (Wildman–Crippen LogP) is 2.99. The molecule has 1 aromatic carbocycles. The van der Waals surface area contributed by atoms with Crippen molar-refractivity contribution in [3.8, 4) is 0 Å². The number of thioether (sulfide) groups is 1. The Hall–Kier alpha value is -0.800. The van der Waals surface area contributed by atoms with Crippen LogP contribution in [0.1, 0.15) is 34.8 Å². The normalized spacial score (nSPS) is 12.5. The van der Waals surface area contributed by atoms with E-state index >= 15 is 0 Å². The van der Waals surface area contributed by atoms with Gasteiger partial charge < -0.3 is 5.11 Å². The summed E-state index contributed by atoms with van der Waals surface area (Å²) >= 11 is 1.61. The van der Waals surface area contributed by atoms with Crippen LogP contribution in [0.5, 0.6) is 0 Å². The molecule has 0 aliphatic rings. The maximum atomic E-state index is 12.0. The van der Waals surface area contributed by atoms with Gasteiger partial charge in [-0.05, 0) is 31.9 Å². The van der Waals surface area contributed by atoms with Crippen LogP contribution in [0, 0.1) is 13.8 Å². The molecule has 0 spiro atoms. The Bertz CT molecular complexity index is 388. The molecule has 0 saturated heterocycles. The third-order valence-electron chi connectivity index (χ3n) is 2.73. The van der Waals surface area contributed by atoms with E-state index in [0.29, 0.717) is 11.0 Å². The Kier molecular flexibility index (Phi) is 5.72. The highest BCUT2D eigenvalue weighted by Gasteiger charge is 2.11. The first-order valence-corrected chi connectivity index (χ1v) is 6.92. The number of ketones is 1. The highest BCUT2D eigenvalue weighted by atomic mass is 32.2. The third kappa shape index (κ3) is 4.52. The highest BCUT2D eigenvalue weighted by molar-refractivity contribution is 8.00. The van der Waals surface area contributed by atoms with Crippen LogP contribution in [0.3, 0.4) is 0 Å². The van der Waals surface area contributed by atoms with Crippen molar-refractivity contribution in [1.82, 2.24) is 0 Å². The van der Waals surface area contributed by atoms with Crippen molar-refractivity contribution in [1.29, 1.82) is 0 Å². The third-order valence-corrected chi connectivity index (χ3v) is 3.96. The van der Waals surface area contributed by atoms with Gasteiger partial charge in [-0.25, -0.2) is 0 Å². The second-order valence-corrected chi connectivity index (χ2v) is 5.80. The van der Waals surface area contributed by atoms with Crippen molar-refractivity contribution in [2.24, 2.45) is 0 Å². The number of carbonyl (C=O) groups is 1. The van der Waals surface area contributed by atoms with Crippen molar-refractivity contribution < 1.29 is 9.90 Å². The monoisotopic (exact) mass is 252 g/mol. The van der Waals surface area contributed by atoms with Gasteiger partial charge in [0.05, 0.1) is 5.75 Å². The van der Waals surface area contributed by atoms with Crippen LogP contribution in [0.4, 0.5) is 0 Å². The lowest BCUT2D eigenvalue weighted by molar-refractivity contribution is 0.102. The molecule has 1 unspecified atom stereocenters. The minimum Gasteiger partial charge on any atom is -0.396 e. The van der Waals surface area contributed by atoms with Crippen LogP contribution in [0.25, 0.3) is 0 Å². The van der Waals surface area contributed by atoms with Gasteiger partial charge in [0.1, 0.15) is 0 Å². The summed E-state index contributed by atoms with van der Waals surface area (Å²) in [6, 6.07) is 5.97. The average molecular weight is 252 g/mol. The number of Topliss-reactive ketones (excluding diaryl/α,β-unsaturated/α-hetero) is 1. The largest absolute Gasteiger partial charge is 0.396 e. The molecule has 94 valence electrons. The van der Waals surface area contributed by atoms with Gasteiger partial charge in [-0.15, -0.1) is 0 Å². The van der Waals surface area contributed by atoms with Gasteiger partial charge >= 0.3 is 0 Å². The van der Waals surface area contributed by atoms with E-state index in [9.17, 15) is 4.79 Å². The molecule has 1 atom stereocenters. The maximum absolute atomic E-state index is 12.0. The fraction of sp³-hybridized carbons (Fsp3) is 0.500. The molecule has 1 N–H and O–H groups in total. The van der Waals surface area contributed by atoms with E-state index in [2.05, 4.69) is 0 Å². The first-order valence-electron chi connectivity index (χ1n) is 5.87. The van der Waals surface area contributed by atoms with Gasteiger partial charge in [-0.3, -0.25) is 4.79 Å². The van der Waals surface area contributed by atoms with E-state index in [4.69, 9.17) is 5.11 Å². The van der Waals surface area contributed by atoms with Crippen molar-refractivity contribution in [2.45, 2.75) is 32.4 Å². The quantitative estimate of drug-likeness (QED) is 0.791. The summed E-state index contributed by atoms with van der Waals surface area (Å²) in [7, 11) is 0. The number of hydrogen-bond acceptors (Lipinski definition) is 3. The summed E-state index contributed by atoms with van der Waals surface area (Å²) < 4.78 is 0. The van der Waals surface area contributed by atoms with Crippen LogP contribution in [0.2, 0.25) is 0 Å². The van der Waals surface area contributed by atoms with Crippen LogP contribution < -0.4 is 0 Å². The van der Waals surface area contributed by atoms with Crippen LogP contribution in [0.15, 0.2) is 18.2 Å². The summed E-state index contributed by atoms with van der Waals surface area (Å²) in [6.45, 7) is 6.19. The molecule has 17 heavy (non-hydrogen) atoms.